The molecule has 2 aromatic carbocycles. The van der Waals surface area contributed by atoms with Crippen LogP contribution in [0.5, 0.6) is 5.75 Å². The first-order chi connectivity index (χ1) is 14.3. The average Bonchev–Trinajstić information content (AvgIpc) is 2.73. The van der Waals surface area contributed by atoms with Crippen LogP contribution in [-0.2, 0) is 37.5 Å². The van der Waals surface area contributed by atoms with Crippen molar-refractivity contribution in [3.05, 3.63) is 59.2 Å². The molecule has 2 rings (SSSR count). The van der Waals surface area contributed by atoms with E-state index in [0.29, 0.717) is 0 Å². The van der Waals surface area contributed by atoms with E-state index in [4.69, 9.17) is 4.74 Å². The monoisotopic (exact) mass is 501 g/mol. The van der Waals surface area contributed by atoms with Gasteiger partial charge in [-0.1, -0.05) is 62.6 Å². The maximum atomic E-state index is 12.8. The number of ether oxygens (including phenoxy) is 1. The fraction of sp³-hybridized carbons (Fsp3) is 0.500. The Bertz CT molecular complexity index is 742. The summed E-state index contributed by atoms with van der Waals surface area (Å²) in [5, 5.41) is 3.14. The summed E-state index contributed by atoms with van der Waals surface area (Å²) in [6, 6.07) is 14.1. The maximum Gasteiger partial charge on any atom is 0.241 e. The first-order valence-electron chi connectivity index (χ1n) is 11.0. The minimum atomic E-state index is -0.0764. The van der Waals surface area contributed by atoms with E-state index in [2.05, 4.69) is 43.1 Å². The fourth-order valence-electron chi connectivity index (χ4n) is 3.37. The molecule has 0 saturated carbocycles. The van der Waals surface area contributed by atoms with Gasteiger partial charge in [-0.3, -0.25) is 9.69 Å². The van der Waals surface area contributed by atoms with Gasteiger partial charge >= 0.3 is 0 Å². The number of nitrogens with one attached hydrogen (secondary N) is 1. The third-order valence-corrected chi connectivity index (χ3v) is 5.19. The van der Waals surface area contributed by atoms with Gasteiger partial charge in [0, 0.05) is 38.4 Å². The van der Waals surface area contributed by atoms with Crippen molar-refractivity contribution in [1.82, 2.24) is 4.90 Å². The summed E-state index contributed by atoms with van der Waals surface area (Å²) in [7, 11) is 3.70. The van der Waals surface area contributed by atoms with Gasteiger partial charge in [-0.15, -0.1) is 0 Å². The Labute approximate surface area is 215 Å². The number of hydrogen-bond donors (Lipinski definition) is 1. The maximum absolute atomic E-state index is 12.8. The van der Waals surface area contributed by atoms with Crippen LogP contribution in [0.15, 0.2) is 42.5 Å². The molecule has 5 heteroatoms. The number of benzene rings is 2. The Balaban J connectivity index is 0.000000950. The summed E-state index contributed by atoms with van der Waals surface area (Å²) in [6.45, 7) is 11.3. The van der Waals surface area contributed by atoms with Crippen molar-refractivity contribution in [1.29, 1.82) is 0 Å². The number of rotatable bonds is 9. The molecule has 0 aliphatic heterocycles. The zero-order valence-electron chi connectivity index (χ0n) is 20.5. The van der Waals surface area contributed by atoms with Crippen LogP contribution in [0.1, 0.15) is 56.2 Å². The van der Waals surface area contributed by atoms with Crippen molar-refractivity contribution in [3.8, 4) is 5.75 Å². The summed E-state index contributed by atoms with van der Waals surface area (Å²) in [5.41, 5.74) is 4.28. The second kappa shape index (κ2) is 16.4. The van der Waals surface area contributed by atoms with Crippen molar-refractivity contribution in [3.63, 3.8) is 0 Å². The number of carbonyl (C=O) groups excluding carboxylic acids is 1. The Morgan fingerprint density at radius 3 is 2.03 bits per heavy atom. The molecule has 0 spiro atoms. The number of hydrogen-bond acceptors (Lipinski definition) is 3. The number of carbonyl (C=O) groups is 1. The van der Waals surface area contributed by atoms with Crippen LogP contribution in [-0.4, -0.2) is 37.6 Å². The molecule has 0 fully saturated rings. The predicted octanol–water partition coefficient (Wildman–Crippen LogP) is 6.14. The molecule has 4 nitrogen and oxygen atoms in total. The predicted molar refractivity (Wildman–Crippen MR) is 129 cm³/mol. The Morgan fingerprint density at radius 1 is 1.03 bits per heavy atom. The van der Waals surface area contributed by atoms with E-state index in [1.54, 1.807) is 7.11 Å². The molecule has 169 valence electrons. The van der Waals surface area contributed by atoms with Gasteiger partial charge in [-0.25, -0.2) is 0 Å². The van der Waals surface area contributed by atoms with Gasteiger partial charge in [-0.2, -0.15) is 0 Å². The van der Waals surface area contributed by atoms with Crippen LogP contribution in [0.2, 0.25) is 0 Å². The van der Waals surface area contributed by atoms with E-state index in [1.807, 2.05) is 51.2 Å². The second-order valence-electron chi connectivity index (χ2n) is 7.92. The molecular formula is C26H40N2O2Y. The normalized spacial score (nSPS) is 11.1. The van der Waals surface area contributed by atoms with Crippen LogP contribution in [0.25, 0.3) is 0 Å². The van der Waals surface area contributed by atoms with Gasteiger partial charge in [0.1, 0.15) is 5.75 Å². The molecule has 2 aromatic rings. The largest absolute Gasteiger partial charge is 0.497 e. The Kier molecular flexibility index (Phi) is 15.8. The number of anilines is 1. The Morgan fingerprint density at radius 2 is 1.61 bits per heavy atom. The first-order valence-corrected chi connectivity index (χ1v) is 11.0. The number of amides is 1. The molecule has 0 heterocycles. The van der Waals surface area contributed by atoms with Crippen LogP contribution in [0.3, 0.4) is 0 Å². The standard InChI is InChI=1S/C19H32N2O2.C7H8.Y/c1-7-9-11-21(5)17(10-8-2)19(22)20-18-14(3)12-16(23-6)13-15(18)4;1-7-5-3-2-4-6-7;/h12-13,17H,7-11H2,1-6H3,(H,20,22);2-6H,1H3;. The number of nitrogens with zero attached hydrogens (tertiary/aromatic N) is 1. The van der Waals surface area contributed by atoms with Crippen LogP contribution < -0.4 is 10.1 Å². The van der Waals surface area contributed by atoms with Crippen molar-refractivity contribution in [2.75, 3.05) is 26.0 Å². The molecule has 0 aliphatic rings. The molecule has 1 radical (unpaired) electrons. The molecule has 1 N–H and O–H groups in total. The molecular weight excluding hydrogens is 461 g/mol. The smallest absolute Gasteiger partial charge is 0.241 e. The van der Waals surface area contributed by atoms with Gasteiger partial charge in [0.25, 0.3) is 0 Å². The summed E-state index contributed by atoms with van der Waals surface area (Å²) >= 11 is 0. The van der Waals surface area contributed by atoms with Crippen molar-refractivity contribution in [2.24, 2.45) is 0 Å². The second-order valence-corrected chi connectivity index (χ2v) is 7.92. The van der Waals surface area contributed by atoms with Gasteiger partial charge < -0.3 is 10.1 Å². The molecule has 31 heavy (non-hydrogen) atoms. The Hall–Kier alpha value is -1.23. The SMILES string of the molecule is CCCCN(C)C(CCC)C(=O)Nc1c(C)cc(OC)cc1C.Cc1ccccc1.[Y]. The third kappa shape index (κ3) is 10.8. The van der Waals surface area contributed by atoms with E-state index in [1.165, 1.54) is 5.56 Å². The zero-order chi connectivity index (χ0) is 22.5. The van der Waals surface area contributed by atoms with E-state index in [-0.39, 0.29) is 44.7 Å². The topological polar surface area (TPSA) is 41.6 Å². The quantitative estimate of drug-likeness (QED) is 0.449. The number of unbranched alkanes of at least 4 members (excludes halogenated alkanes) is 1. The van der Waals surface area contributed by atoms with E-state index in [0.717, 1.165) is 54.8 Å². The number of aryl methyl sites for hydroxylation is 3. The number of likely N-dealkylation sites (N-methyl/N-ethyl adjacent to an activating group) is 1. The van der Waals surface area contributed by atoms with Gasteiger partial charge in [0.2, 0.25) is 5.91 Å². The fourth-order valence-corrected chi connectivity index (χ4v) is 3.37. The van der Waals surface area contributed by atoms with Crippen LogP contribution in [0.4, 0.5) is 5.69 Å². The van der Waals surface area contributed by atoms with Crippen molar-refractivity contribution >= 4 is 11.6 Å². The molecule has 0 saturated heterocycles. The van der Waals surface area contributed by atoms with Gasteiger partial charge in [0.05, 0.1) is 13.2 Å². The molecule has 0 aromatic heterocycles. The van der Waals surface area contributed by atoms with Gasteiger partial charge in [-0.05, 0) is 70.5 Å². The first kappa shape index (κ1) is 29.8. The summed E-state index contributed by atoms with van der Waals surface area (Å²) in [4.78, 5) is 15.0. The summed E-state index contributed by atoms with van der Waals surface area (Å²) in [5.74, 6) is 0.907. The van der Waals surface area contributed by atoms with E-state index in [9.17, 15) is 4.79 Å². The van der Waals surface area contributed by atoms with Crippen molar-refractivity contribution < 1.29 is 42.2 Å². The van der Waals surface area contributed by atoms with Crippen LogP contribution >= 0.6 is 0 Å². The van der Waals surface area contributed by atoms with Crippen molar-refractivity contribution in [2.45, 2.75) is 66.3 Å². The van der Waals surface area contributed by atoms with Crippen LogP contribution in [0, 0.1) is 20.8 Å². The molecule has 1 amide bonds. The molecule has 1 unspecified atom stereocenters. The molecule has 0 bridgehead atoms. The molecule has 1 atom stereocenters. The minimum Gasteiger partial charge on any atom is -0.497 e. The molecule has 0 aliphatic carbocycles. The average molecular weight is 502 g/mol. The summed E-state index contributed by atoms with van der Waals surface area (Å²) < 4.78 is 5.28. The van der Waals surface area contributed by atoms with E-state index >= 15 is 0 Å². The van der Waals surface area contributed by atoms with E-state index < -0.39 is 0 Å². The zero-order valence-corrected chi connectivity index (χ0v) is 23.3. The van der Waals surface area contributed by atoms with Gasteiger partial charge in [0.15, 0.2) is 0 Å². The third-order valence-electron chi connectivity index (χ3n) is 5.19. The minimum absolute atomic E-state index is 0. The number of methoxy groups -OCH3 is 1. The summed E-state index contributed by atoms with van der Waals surface area (Å²) in [6.07, 6.45) is 4.13.